The summed E-state index contributed by atoms with van der Waals surface area (Å²) >= 11 is 3.57. The van der Waals surface area contributed by atoms with Gasteiger partial charge in [0, 0.05) is 25.1 Å². The van der Waals surface area contributed by atoms with Gasteiger partial charge in [-0.1, -0.05) is 40.2 Å². The van der Waals surface area contributed by atoms with Crippen molar-refractivity contribution in [2.45, 2.75) is 6.54 Å². The number of halogens is 1. The lowest BCUT2D eigenvalue weighted by Gasteiger charge is -2.19. The van der Waals surface area contributed by atoms with Crippen LogP contribution in [0.4, 0.5) is 11.6 Å². The summed E-state index contributed by atoms with van der Waals surface area (Å²) in [6, 6.07) is 14.2. The fourth-order valence-electron chi connectivity index (χ4n) is 1.74. The van der Waals surface area contributed by atoms with Gasteiger partial charge in [-0.3, -0.25) is 0 Å². The fraction of sp³-hybridized carbons (Fsp3) is 0.214. The predicted octanol–water partition coefficient (Wildman–Crippen LogP) is 3.52. The van der Waals surface area contributed by atoms with Gasteiger partial charge in [0.2, 0.25) is 0 Å². The lowest BCUT2D eigenvalue weighted by Crippen LogP contribution is -2.18. The monoisotopic (exact) mass is 305 g/mol. The molecule has 0 bridgehead atoms. The molecular weight excluding hydrogens is 290 g/mol. The van der Waals surface area contributed by atoms with Gasteiger partial charge in [-0.2, -0.15) is 0 Å². The maximum Gasteiger partial charge on any atom is 0.130 e. The van der Waals surface area contributed by atoms with E-state index < -0.39 is 0 Å². The molecule has 94 valence electrons. The standard InChI is InChI=1S/C14H16BrN3/c1-16-13-8-5-9-14(17-13)18(2)10-11-6-3-4-7-12(11)15/h3-9H,10H2,1-2H3,(H,16,17). The summed E-state index contributed by atoms with van der Waals surface area (Å²) < 4.78 is 1.13. The SMILES string of the molecule is CNc1cccc(N(C)Cc2ccccc2Br)n1. The van der Waals surface area contributed by atoms with Crippen molar-refractivity contribution in [1.29, 1.82) is 0 Å². The van der Waals surface area contributed by atoms with Crippen LogP contribution in [0, 0.1) is 0 Å². The van der Waals surface area contributed by atoms with Crippen LogP contribution in [0.25, 0.3) is 0 Å². The summed E-state index contributed by atoms with van der Waals surface area (Å²) in [6.45, 7) is 0.821. The summed E-state index contributed by atoms with van der Waals surface area (Å²) in [5.74, 6) is 1.84. The van der Waals surface area contributed by atoms with Crippen LogP contribution in [-0.2, 0) is 6.54 Å². The molecule has 4 heteroatoms. The van der Waals surface area contributed by atoms with Gasteiger partial charge >= 0.3 is 0 Å². The van der Waals surface area contributed by atoms with Crippen LogP contribution >= 0.6 is 15.9 Å². The number of pyridine rings is 1. The Balaban J connectivity index is 2.16. The molecule has 1 heterocycles. The van der Waals surface area contributed by atoms with Crippen LogP contribution in [0.15, 0.2) is 46.9 Å². The third-order valence-electron chi connectivity index (χ3n) is 2.75. The molecule has 2 rings (SSSR count). The van der Waals surface area contributed by atoms with Crippen molar-refractivity contribution in [3.8, 4) is 0 Å². The van der Waals surface area contributed by atoms with Crippen LogP contribution in [0.1, 0.15) is 5.56 Å². The Bertz CT molecular complexity index is 528. The number of rotatable bonds is 4. The second-order valence-electron chi connectivity index (χ2n) is 4.08. The van der Waals surface area contributed by atoms with E-state index in [0.29, 0.717) is 0 Å². The van der Waals surface area contributed by atoms with Gasteiger partial charge < -0.3 is 10.2 Å². The number of nitrogens with one attached hydrogen (secondary N) is 1. The molecule has 3 nitrogen and oxygen atoms in total. The van der Waals surface area contributed by atoms with E-state index in [1.807, 2.05) is 44.4 Å². The van der Waals surface area contributed by atoms with E-state index in [-0.39, 0.29) is 0 Å². The van der Waals surface area contributed by atoms with E-state index in [1.165, 1.54) is 5.56 Å². The summed E-state index contributed by atoms with van der Waals surface area (Å²) in [5.41, 5.74) is 1.25. The molecule has 1 N–H and O–H groups in total. The average Bonchev–Trinajstić information content (AvgIpc) is 2.41. The lowest BCUT2D eigenvalue weighted by molar-refractivity contribution is 0.895. The number of hydrogen-bond acceptors (Lipinski definition) is 3. The van der Waals surface area contributed by atoms with Crippen molar-refractivity contribution >= 4 is 27.6 Å². The van der Waals surface area contributed by atoms with E-state index in [9.17, 15) is 0 Å². The third kappa shape index (κ3) is 3.01. The maximum atomic E-state index is 4.52. The zero-order chi connectivity index (χ0) is 13.0. The minimum absolute atomic E-state index is 0.821. The number of anilines is 2. The highest BCUT2D eigenvalue weighted by atomic mass is 79.9. The summed E-state index contributed by atoms with van der Waals surface area (Å²) in [6.07, 6.45) is 0. The van der Waals surface area contributed by atoms with Gasteiger partial charge in [0.15, 0.2) is 0 Å². The highest BCUT2D eigenvalue weighted by Gasteiger charge is 2.06. The Hall–Kier alpha value is -1.55. The number of aromatic nitrogens is 1. The first-order chi connectivity index (χ1) is 8.70. The molecular formula is C14H16BrN3. The Morgan fingerprint density at radius 1 is 1.17 bits per heavy atom. The van der Waals surface area contributed by atoms with Crippen molar-refractivity contribution in [1.82, 2.24) is 4.98 Å². The number of nitrogens with zero attached hydrogens (tertiary/aromatic N) is 2. The molecule has 1 aromatic heterocycles. The number of benzene rings is 1. The first kappa shape index (κ1) is 12.9. The summed E-state index contributed by atoms with van der Waals surface area (Å²) in [4.78, 5) is 6.64. The first-order valence-electron chi connectivity index (χ1n) is 5.80. The Morgan fingerprint density at radius 2 is 1.94 bits per heavy atom. The van der Waals surface area contributed by atoms with Crippen molar-refractivity contribution in [3.05, 3.63) is 52.5 Å². The topological polar surface area (TPSA) is 28.2 Å². The second kappa shape index (κ2) is 5.87. The molecule has 0 aliphatic heterocycles. The Labute approximate surface area is 116 Å². The summed E-state index contributed by atoms with van der Waals surface area (Å²) in [7, 11) is 3.92. The molecule has 0 radical (unpaired) electrons. The van der Waals surface area contributed by atoms with Gasteiger partial charge in [-0.05, 0) is 23.8 Å². The fourth-order valence-corrected chi connectivity index (χ4v) is 2.15. The zero-order valence-corrected chi connectivity index (χ0v) is 12.1. The van der Waals surface area contributed by atoms with Crippen molar-refractivity contribution in [2.75, 3.05) is 24.3 Å². The predicted molar refractivity (Wildman–Crippen MR) is 80.0 cm³/mol. The Kier molecular flexibility index (Phi) is 4.20. The maximum absolute atomic E-state index is 4.52. The van der Waals surface area contributed by atoms with Crippen molar-refractivity contribution in [3.63, 3.8) is 0 Å². The molecule has 0 unspecified atom stereocenters. The molecule has 0 saturated carbocycles. The first-order valence-corrected chi connectivity index (χ1v) is 6.59. The molecule has 1 aromatic carbocycles. The minimum Gasteiger partial charge on any atom is -0.373 e. The van der Waals surface area contributed by atoms with Crippen molar-refractivity contribution < 1.29 is 0 Å². The second-order valence-corrected chi connectivity index (χ2v) is 4.93. The van der Waals surface area contributed by atoms with Gasteiger partial charge in [0.25, 0.3) is 0 Å². The van der Waals surface area contributed by atoms with Crippen LogP contribution in [0.5, 0.6) is 0 Å². The van der Waals surface area contributed by atoms with Gasteiger partial charge in [-0.25, -0.2) is 4.98 Å². The van der Waals surface area contributed by atoms with Crippen LogP contribution in [0.2, 0.25) is 0 Å². The van der Waals surface area contributed by atoms with Crippen molar-refractivity contribution in [2.24, 2.45) is 0 Å². The molecule has 0 spiro atoms. The Morgan fingerprint density at radius 3 is 2.67 bits per heavy atom. The molecule has 0 fully saturated rings. The normalized spacial score (nSPS) is 10.2. The lowest BCUT2D eigenvalue weighted by atomic mass is 10.2. The highest BCUT2D eigenvalue weighted by Crippen LogP contribution is 2.20. The van der Waals surface area contributed by atoms with Crippen LogP contribution < -0.4 is 10.2 Å². The largest absolute Gasteiger partial charge is 0.373 e. The van der Waals surface area contributed by atoms with Gasteiger partial charge in [-0.15, -0.1) is 0 Å². The van der Waals surface area contributed by atoms with Crippen LogP contribution in [-0.4, -0.2) is 19.1 Å². The van der Waals surface area contributed by atoms with Crippen LogP contribution in [0.3, 0.4) is 0 Å². The molecule has 0 aliphatic carbocycles. The third-order valence-corrected chi connectivity index (χ3v) is 3.52. The molecule has 0 amide bonds. The van der Waals surface area contributed by atoms with E-state index in [2.05, 4.69) is 43.3 Å². The smallest absolute Gasteiger partial charge is 0.130 e. The van der Waals surface area contributed by atoms with E-state index in [4.69, 9.17) is 0 Å². The molecule has 2 aromatic rings. The molecule has 18 heavy (non-hydrogen) atoms. The molecule has 0 saturated heterocycles. The van der Waals surface area contributed by atoms with E-state index in [0.717, 1.165) is 22.7 Å². The summed E-state index contributed by atoms with van der Waals surface area (Å²) in [5, 5.41) is 3.05. The minimum atomic E-state index is 0.821. The zero-order valence-electron chi connectivity index (χ0n) is 10.5. The van der Waals surface area contributed by atoms with E-state index in [1.54, 1.807) is 0 Å². The molecule has 0 aliphatic rings. The van der Waals surface area contributed by atoms with Gasteiger partial charge in [0.1, 0.15) is 11.6 Å². The van der Waals surface area contributed by atoms with E-state index >= 15 is 0 Å². The highest BCUT2D eigenvalue weighted by molar-refractivity contribution is 9.10. The molecule has 0 atom stereocenters. The van der Waals surface area contributed by atoms with Gasteiger partial charge in [0.05, 0.1) is 0 Å². The number of hydrogen-bond donors (Lipinski definition) is 1. The quantitative estimate of drug-likeness (QED) is 0.937. The average molecular weight is 306 g/mol.